The van der Waals surface area contributed by atoms with Crippen molar-refractivity contribution in [1.82, 2.24) is 4.57 Å². The average molecular weight is 346 g/mol. The number of hydrogen-bond acceptors (Lipinski definition) is 3. The maximum Gasteiger partial charge on any atom is 0.272 e. The third-order valence-electron chi connectivity index (χ3n) is 5.09. The number of aromatic nitrogens is 1. The summed E-state index contributed by atoms with van der Waals surface area (Å²) in [5.41, 5.74) is 2.15. The zero-order valence-corrected chi connectivity index (χ0v) is 14.9. The molecule has 1 aromatic carbocycles. The first kappa shape index (κ1) is 17.9. The van der Waals surface area contributed by atoms with Crippen LogP contribution >= 0.6 is 0 Å². The molecule has 26 heavy (non-hydrogen) atoms. The van der Waals surface area contributed by atoms with E-state index < -0.39 is 5.56 Å². The highest BCUT2D eigenvalue weighted by Gasteiger charge is 2.19. The van der Waals surface area contributed by atoms with Gasteiger partial charge in [0.1, 0.15) is 11.6 Å². The molecule has 1 aliphatic rings. The summed E-state index contributed by atoms with van der Waals surface area (Å²) >= 11 is 0. The lowest BCUT2D eigenvalue weighted by Crippen LogP contribution is -2.22. The van der Waals surface area contributed by atoms with E-state index in [2.05, 4.69) is 0 Å². The molecule has 0 bridgehead atoms. The van der Waals surface area contributed by atoms with Crippen molar-refractivity contribution in [3.63, 3.8) is 0 Å². The van der Waals surface area contributed by atoms with Gasteiger partial charge in [0.15, 0.2) is 5.78 Å². The summed E-state index contributed by atoms with van der Waals surface area (Å²) < 4.78 is 1.42. The molecular weight excluding hydrogens is 324 g/mol. The molecule has 1 aliphatic carbocycles. The Kier molecular flexibility index (Phi) is 5.48. The van der Waals surface area contributed by atoms with Gasteiger partial charge >= 0.3 is 0 Å². The van der Waals surface area contributed by atoms with Crippen molar-refractivity contribution in [2.45, 2.75) is 39.0 Å². The van der Waals surface area contributed by atoms with Crippen molar-refractivity contribution in [3.05, 3.63) is 64.1 Å². The lowest BCUT2D eigenvalue weighted by atomic mass is 9.86. The van der Waals surface area contributed by atoms with E-state index >= 15 is 0 Å². The summed E-state index contributed by atoms with van der Waals surface area (Å²) in [5, 5.41) is 9.33. The van der Waals surface area contributed by atoms with Crippen LogP contribution in [0.3, 0.4) is 0 Å². The van der Waals surface area contributed by atoms with Gasteiger partial charge in [0.2, 0.25) is 0 Å². The van der Waals surface area contributed by atoms with Gasteiger partial charge in [0.05, 0.1) is 0 Å². The van der Waals surface area contributed by atoms with Gasteiger partial charge in [0.25, 0.3) is 5.56 Å². The summed E-state index contributed by atoms with van der Waals surface area (Å²) in [5.74, 6) is 0.128. The molecule has 1 aromatic heterocycles. The van der Waals surface area contributed by atoms with Crippen LogP contribution in [0.2, 0.25) is 0 Å². The average Bonchev–Trinajstić information content (AvgIpc) is 2.69. The van der Waals surface area contributed by atoms with Gasteiger partial charge < -0.3 is 0 Å². The fraction of sp³-hybridized carbons (Fsp3) is 0.318. The monoisotopic (exact) mass is 346 g/mol. The van der Waals surface area contributed by atoms with Crippen molar-refractivity contribution in [2.75, 3.05) is 0 Å². The number of nitrogens with zero attached hydrogens (tertiary/aromatic N) is 2. The fourth-order valence-corrected chi connectivity index (χ4v) is 3.56. The Bertz CT molecular complexity index is 927. The van der Waals surface area contributed by atoms with Crippen molar-refractivity contribution in [1.29, 1.82) is 5.26 Å². The Morgan fingerprint density at radius 1 is 1.19 bits per heavy atom. The molecule has 0 spiro atoms. The van der Waals surface area contributed by atoms with Crippen LogP contribution in [-0.4, -0.2) is 10.4 Å². The third-order valence-corrected chi connectivity index (χ3v) is 5.09. The van der Waals surface area contributed by atoms with Gasteiger partial charge in [-0.1, -0.05) is 49.6 Å². The number of carbonyl (C=O) groups excluding carboxylic acids is 1. The van der Waals surface area contributed by atoms with Crippen LogP contribution in [0.25, 0.3) is 17.3 Å². The topological polar surface area (TPSA) is 62.9 Å². The summed E-state index contributed by atoms with van der Waals surface area (Å²) in [4.78, 5) is 25.0. The largest absolute Gasteiger partial charge is 0.294 e. The molecule has 1 heterocycles. The van der Waals surface area contributed by atoms with E-state index in [0.717, 1.165) is 36.8 Å². The van der Waals surface area contributed by atoms with E-state index in [1.165, 1.54) is 23.3 Å². The number of benzene rings is 1. The SMILES string of the molecule is Cc1c(-c2ccccc2)cc(C#N)c(=O)n1/C=C/C(=O)C1CCCCC1. The maximum atomic E-state index is 12.6. The minimum Gasteiger partial charge on any atom is -0.294 e. The van der Waals surface area contributed by atoms with Crippen LogP contribution in [0.1, 0.15) is 43.4 Å². The van der Waals surface area contributed by atoms with Crippen molar-refractivity contribution >= 4 is 12.0 Å². The molecule has 3 rings (SSSR count). The third kappa shape index (κ3) is 3.67. The lowest BCUT2D eigenvalue weighted by molar-refractivity contribution is -0.119. The van der Waals surface area contributed by atoms with E-state index in [1.807, 2.05) is 43.3 Å². The van der Waals surface area contributed by atoms with Gasteiger partial charge in [-0.05, 0) is 37.5 Å². The van der Waals surface area contributed by atoms with Gasteiger partial charge in [-0.2, -0.15) is 5.26 Å². The van der Waals surface area contributed by atoms with Gasteiger partial charge in [-0.15, -0.1) is 0 Å². The number of carbonyl (C=O) groups is 1. The molecule has 4 nitrogen and oxygen atoms in total. The Labute approximate surface area is 153 Å². The van der Waals surface area contributed by atoms with E-state index in [0.29, 0.717) is 5.69 Å². The maximum absolute atomic E-state index is 12.6. The molecule has 0 amide bonds. The minimum absolute atomic E-state index is 0.0590. The van der Waals surface area contributed by atoms with Crippen LogP contribution in [-0.2, 0) is 4.79 Å². The number of ketones is 1. The molecule has 0 saturated heterocycles. The molecule has 1 fully saturated rings. The first-order chi connectivity index (χ1) is 12.6. The van der Waals surface area contributed by atoms with E-state index in [-0.39, 0.29) is 17.3 Å². The Balaban J connectivity index is 2.01. The smallest absolute Gasteiger partial charge is 0.272 e. The zero-order chi connectivity index (χ0) is 18.5. The molecule has 2 aromatic rings. The van der Waals surface area contributed by atoms with Crippen molar-refractivity contribution < 1.29 is 4.79 Å². The molecule has 0 N–H and O–H groups in total. The zero-order valence-electron chi connectivity index (χ0n) is 14.9. The highest BCUT2D eigenvalue weighted by molar-refractivity contribution is 5.94. The summed E-state index contributed by atoms with van der Waals surface area (Å²) in [6, 6.07) is 13.2. The standard InChI is InChI=1S/C22H22N2O2/c1-16-20(17-8-4-2-5-9-17)14-19(15-23)22(26)24(16)13-12-21(25)18-10-6-3-7-11-18/h2,4-5,8-9,12-14,18H,3,6-7,10-11H2,1H3/b13-12+. The quantitative estimate of drug-likeness (QED) is 0.775. The predicted molar refractivity (Wildman–Crippen MR) is 103 cm³/mol. The molecule has 1 saturated carbocycles. The summed E-state index contributed by atoms with van der Waals surface area (Å²) in [6.07, 6.45) is 8.24. The second-order valence-corrected chi connectivity index (χ2v) is 6.76. The molecule has 132 valence electrons. The highest BCUT2D eigenvalue weighted by Crippen LogP contribution is 2.25. The summed E-state index contributed by atoms with van der Waals surface area (Å²) in [7, 11) is 0. The second-order valence-electron chi connectivity index (χ2n) is 6.76. The van der Waals surface area contributed by atoms with Crippen LogP contribution in [0.5, 0.6) is 0 Å². The fourth-order valence-electron chi connectivity index (χ4n) is 3.56. The number of rotatable bonds is 4. The molecule has 4 heteroatoms. The normalized spacial score (nSPS) is 15.1. The van der Waals surface area contributed by atoms with Crippen molar-refractivity contribution in [2.24, 2.45) is 5.92 Å². The molecule has 0 unspecified atom stereocenters. The number of nitriles is 1. The highest BCUT2D eigenvalue weighted by atomic mass is 16.1. The lowest BCUT2D eigenvalue weighted by Gasteiger charge is -2.18. The van der Waals surface area contributed by atoms with Gasteiger partial charge in [-0.3, -0.25) is 14.2 Å². The van der Waals surface area contributed by atoms with Gasteiger partial charge in [0, 0.05) is 23.4 Å². The second kappa shape index (κ2) is 7.97. The first-order valence-electron chi connectivity index (χ1n) is 9.05. The molecule has 0 radical (unpaired) electrons. The van der Waals surface area contributed by atoms with Gasteiger partial charge in [-0.25, -0.2) is 0 Å². The van der Waals surface area contributed by atoms with E-state index in [4.69, 9.17) is 0 Å². The molecular formula is C22H22N2O2. The Morgan fingerprint density at radius 3 is 2.54 bits per heavy atom. The summed E-state index contributed by atoms with van der Waals surface area (Å²) in [6.45, 7) is 1.83. The van der Waals surface area contributed by atoms with Crippen LogP contribution < -0.4 is 5.56 Å². The van der Waals surface area contributed by atoms with Crippen LogP contribution in [0.15, 0.2) is 47.3 Å². The van der Waals surface area contributed by atoms with E-state index in [1.54, 1.807) is 6.07 Å². The van der Waals surface area contributed by atoms with Crippen molar-refractivity contribution in [3.8, 4) is 17.2 Å². The molecule has 0 atom stereocenters. The minimum atomic E-state index is -0.391. The Hall–Kier alpha value is -2.93. The number of pyridine rings is 1. The van der Waals surface area contributed by atoms with E-state index in [9.17, 15) is 14.9 Å². The first-order valence-corrected chi connectivity index (χ1v) is 9.05. The van der Waals surface area contributed by atoms with Crippen LogP contribution in [0, 0.1) is 24.2 Å². The van der Waals surface area contributed by atoms with Crippen LogP contribution in [0.4, 0.5) is 0 Å². The Morgan fingerprint density at radius 2 is 1.88 bits per heavy atom. The number of hydrogen-bond donors (Lipinski definition) is 0. The number of allylic oxidation sites excluding steroid dienone is 1. The predicted octanol–water partition coefficient (Wildman–Crippen LogP) is 4.32. The molecule has 0 aliphatic heterocycles.